The van der Waals surface area contributed by atoms with Gasteiger partial charge in [-0.2, -0.15) is 13.2 Å². The summed E-state index contributed by atoms with van der Waals surface area (Å²) in [7, 11) is 0. The minimum absolute atomic E-state index is 0.390. The van der Waals surface area contributed by atoms with Crippen LogP contribution in [0.5, 0.6) is 0 Å². The number of anilines is 2. The van der Waals surface area contributed by atoms with Gasteiger partial charge in [-0.1, -0.05) is 0 Å². The molecular formula is C11H15F3N4. The van der Waals surface area contributed by atoms with Gasteiger partial charge in [-0.3, -0.25) is 9.88 Å². The predicted molar refractivity (Wildman–Crippen MR) is 63.4 cm³/mol. The van der Waals surface area contributed by atoms with Crippen molar-refractivity contribution < 1.29 is 13.2 Å². The van der Waals surface area contributed by atoms with Crippen LogP contribution in [0.4, 0.5) is 24.5 Å². The van der Waals surface area contributed by atoms with E-state index in [1.165, 1.54) is 4.90 Å². The van der Waals surface area contributed by atoms with Gasteiger partial charge in [-0.25, -0.2) is 0 Å². The third-order valence-corrected chi connectivity index (χ3v) is 2.94. The molecule has 1 aliphatic rings. The largest absolute Gasteiger partial charge is 0.401 e. The maximum atomic E-state index is 12.2. The van der Waals surface area contributed by atoms with Crippen molar-refractivity contribution in [3.05, 3.63) is 18.5 Å². The summed E-state index contributed by atoms with van der Waals surface area (Å²) in [6.45, 7) is 1.03. The van der Waals surface area contributed by atoms with Gasteiger partial charge in [0.2, 0.25) is 0 Å². The molecule has 0 spiro atoms. The molecule has 0 aliphatic carbocycles. The maximum absolute atomic E-state index is 12.2. The fraction of sp³-hybridized carbons (Fsp3) is 0.545. The average molecular weight is 260 g/mol. The summed E-state index contributed by atoms with van der Waals surface area (Å²) < 4.78 is 36.7. The van der Waals surface area contributed by atoms with Gasteiger partial charge in [0.25, 0.3) is 0 Å². The minimum Gasteiger partial charge on any atom is -0.396 e. The Hall–Kier alpha value is -1.50. The number of piperazine rings is 1. The molecule has 1 aromatic rings. The second kappa shape index (κ2) is 5.01. The van der Waals surface area contributed by atoms with E-state index in [0.717, 1.165) is 5.69 Å². The van der Waals surface area contributed by atoms with Crippen LogP contribution in [0, 0.1) is 0 Å². The first-order chi connectivity index (χ1) is 8.46. The standard InChI is InChI=1S/C11H15F3N4/c12-11(13,14)8-17-3-5-18(6-4-17)10-1-2-16-7-9(10)15/h1-2,7H,3-6,8,15H2. The molecule has 0 unspecified atom stereocenters. The van der Waals surface area contributed by atoms with Gasteiger partial charge < -0.3 is 10.6 Å². The Bertz CT molecular complexity index is 400. The van der Waals surface area contributed by atoms with Crippen LogP contribution < -0.4 is 10.6 Å². The van der Waals surface area contributed by atoms with Crippen LogP contribution >= 0.6 is 0 Å². The lowest BCUT2D eigenvalue weighted by Crippen LogP contribution is -2.49. The van der Waals surface area contributed by atoms with E-state index in [1.54, 1.807) is 18.5 Å². The summed E-state index contributed by atoms with van der Waals surface area (Å²) in [5, 5.41) is 0. The third-order valence-electron chi connectivity index (χ3n) is 2.94. The summed E-state index contributed by atoms with van der Waals surface area (Å²) >= 11 is 0. The van der Waals surface area contributed by atoms with Crippen molar-refractivity contribution in [1.29, 1.82) is 0 Å². The lowest BCUT2D eigenvalue weighted by molar-refractivity contribution is -0.146. The Morgan fingerprint density at radius 1 is 1.22 bits per heavy atom. The molecule has 7 heteroatoms. The van der Waals surface area contributed by atoms with Crippen LogP contribution in [0.1, 0.15) is 0 Å². The molecule has 0 amide bonds. The normalized spacial score (nSPS) is 18.1. The fourth-order valence-electron chi connectivity index (χ4n) is 2.09. The topological polar surface area (TPSA) is 45.4 Å². The van der Waals surface area contributed by atoms with Gasteiger partial charge in [0.15, 0.2) is 0 Å². The van der Waals surface area contributed by atoms with Gasteiger partial charge in [0.05, 0.1) is 24.1 Å². The molecule has 1 aromatic heterocycles. The van der Waals surface area contributed by atoms with E-state index in [9.17, 15) is 13.2 Å². The number of halogens is 3. The number of nitrogens with two attached hydrogens (primary N) is 1. The summed E-state index contributed by atoms with van der Waals surface area (Å²) in [6.07, 6.45) is -0.941. The van der Waals surface area contributed by atoms with Crippen molar-refractivity contribution >= 4 is 11.4 Å². The van der Waals surface area contributed by atoms with Gasteiger partial charge in [0.1, 0.15) is 0 Å². The molecule has 0 radical (unpaired) electrons. The first-order valence-electron chi connectivity index (χ1n) is 5.69. The van der Waals surface area contributed by atoms with Crippen molar-refractivity contribution in [2.24, 2.45) is 0 Å². The van der Waals surface area contributed by atoms with Gasteiger partial charge in [-0.15, -0.1) is 0 Å². The van der Waals surface area contributed by atoms with E-state index in [-0.39, 0.29) is 0 Å². The summed E-state index contributed by atoms with van der Waals surface area (Å²) in [5.41, 5.74) is 7.19. The molecule has 1 aliphatic heterocycles. The highest BCUT2D eigenvalue weighted by Gasteiger charge is 2.32. The molecule has 2 N–H and O–H groups in total. The highest BCUT2D eigenvalue weighted by Crippen LogP contribution is 2.23. The first kappa shape index (κ1) is 12.9. The van der Waals surface area contributed by atoms with Crippen LogP contribution in [0.3, 0.4) is 0 Å². The molecule has 2 rings (SSSR count). The van der Waals surface area contributed by atoms with E-state index in [4.69, 9.17) is 5.73 Å². The fourth-order valence-corrected chi connectivity index (χ4v) is 2.09. The van der Waals surface area contributed by atoms with Crippen molar-refractivity contribution in [2.75, 3.05) is 43.4 Å². The Kier molecular flexibility index (Phi) is 3.60. The van der Waals surface area contributed by atoms with Crippen LogP contribution in [-0.4, -0.2) is 48.8 Å². The molecule has 0 saturated carbocycles. The molecular weight excluding hydrogens is 245 g/mol. The zero-order valence-corrected chi connectivity index (χ0v) is 9.82. The number of nitrogen functional groups attached to an aromatic ring is 1. The third kappa shape index (κ3) is 3.25. The second-order valence-electron chi connectivity index (χ2n) is 4.31. The molecule has 1 fully saturated rings. The van der Waals surface area contributed by atoms with Crippen LogP contribution in [0.25, 0.3) is 0 Å². The molecule has 4 nitrogen and oxygen atoms in total. The van der Waals surface area contributed by atoms with Crippen LogP contribution in [-0.2, 0) is 0 Å². The minimum atomic E-state index is -4.13. The summed E-state index contributed by atoms with van der Waals surface area (Å²) in [4.78, 5) is 7.29. The highest BCUT2D eigenvalue weighted by atomic mass is 19.4. The summed E-state index contributed by atoms with van der Waals surface area (Å²) in [5.74, 6) is 0. The van der Waals surface area contributed by atoms with E-state index < -0.39 is 12.7 Å². The number of hydrogen-bond donors (Lipinski definition) is 1. The van der Waals surface area contributed by atoms with E-state index in [0.29, 0.717) is 31.9 Å². The van der Waals surface area contributed by atoms with Crippen molar-refractivity contribution in [3.63, 3.8) is 0 Å². The smallest absolute Gasteiger partial charge is 0.396 e. The number of hydrogen-bond acceptors (Lipinski definition) is 4. The molecule has 1 saturated heterocycles. The number of nitrogens with zero attached hydrogens (tertiary/aromatic N) is 3. The zero-order valence-electron chi connectivity index (χ0n) is 9.82. The lowest BCUT2D eigenvalue weighted by Gasteiger charge is -2.36. The lowest BCUT2D eigenvalue weighted by atomic mass is 10.2. The van der Waals surface area contributed by atoms with Gasteiger partial charge in [0, 0.05) is 32.4 Å². The number of pyridine rings is 1. The van der Waals surface area contributed by atoms with Crippen LogP contribution in [0.15, 0.2) is 18.5 Å². The highest BCUT2D eigenvalue weighted by molar-refractivity contribution is 5.66. The maximum Gasteiger partial charge on any atom is 0.401 e. The van der Waals surface area contributed by atoms with Crippen molar-refractivity contribution in [1.82, 2.24) is 9.88 Å². The number of rotatable bonds is 2. The predicted octanol–water partition coefficient (Wildman–Crippen LogP) is 1.35. The van der Waals surface area contributed by atoms with E-state index in [1.807, 2.05) is 4.90 Å². The molecule has 100 valence electrons. The Morgan fingerprint density at radius 3 is 2.44 bits per heavy atom. The molecule has 0 bridgehead atoms. The number of alkyl halides is 3. The molecule has 0 aromatic carbocycles. The Labute approximate surface area is 103 Å². The zero-order chi connectivity index (χ0) is 13.2. The van der Waals surface area contributed by atoms with Crippen LogP contribution in [0.2, 0.25) is 0 Å². The van der Waals surface area contributed by atoms with Crippen molar-refractivity contribution in [2.45, 2.75) is 6.18 Å². The monoisotopic (exact) mass is 260 g/mol. The quantitative estimate of drug-likeness (QED) is 0.871. The molecule has 0 atom stereocenters. The van der Waals surface area contributed by atoms with Gasteiger partial charge in [-0.05, 0) is 6.07 Å². The first-order valence-corrected chi connectivity index (χ1v) is 5.69. The SMILES string of the molecule is Nc1cnccc1N1CCN(CC(F)(F)F)CC1. The van der Waals surface area contributed by atoms with E-state index >= 15 is 0 Å². The van der Waals surface area contributed by atoms with Crippen molar-refractivity contribution in [3.8, 4) is 0 Å². The molecule has 2 heterocycles. The second-order valence-corrected chi connectivity index (χ2v) is 4.31. The average Bonchev–Trinajstić information content (AvgIpc) is 2.29. The van der Waals surface area contributed by atoms with Gasteiger partial charge >= 0.3 is 6.18 Å². The van der Waals surface area contributed by atoms with E-state index in [2.05, 4.69) is 4.98 Å². The Morgan fingerprint density at radius 2 is 1.89 bits per heavy atom. The molecule has 18 heavy (non-hydrogen) atoms. The number of aromatic nitrogens is 1. The Balaban J connectivity index is 1.93. The summed E-state index contributed by atoms with van der Waals surface area (Å²) in [6, 6.07) is 1.79.